The molecule has 0 aliphatic carbocycles. The minimum Gasteiger partial charge on any atom is -0.426 e. The van der Waals surface area contributed by atoms with Crippen molar-refractivity contribution < 1.29 is 14.3 Å². The number of anilines is 1. The van der Waals surface area contributed by atoms with Crippen LogP contribution in [-0.2, 0) is 16.0 Å². The molecular weight excluding hydrogens is 388 g/mol. The van der Waals surface area contributed by atoms with Crippen LogP contribution in [0.4, 0.5) is 5.69 Å². The Kier molecular flexibility index (Phi) is 8.10. The number of carbonyl (C=O) groups excluding carboxylic acids is 2. The van der Waals surface area contributed by atoms with Crippen LogP contribution in [-0.4, -0.2) is 31.5 Å². The smallest absolute Gasteiger partial charge is 0.315 e. The monoisotopic (exact) mass is 422 g/mol. The maximum Gasteiger partial charge on any atom is 0.315 e. The summed E-state index contributed by atoms with van der Waals surface area (Å²) in [5.41, 5.74) is 3.36. The van der Waals surface area contributed by atoms with Crippen LogP contribution in [0.3, 0.4) is 0 Å². The lowest BCUT2D eigenvalue weighted by molar-refractivity contribution is -0.143. The van der Waals surface area contributed by atoms with Gasteiger partial charge in [-0.2, -0.15) is 0 Å². The molecule has 0 saturated heterocycles. The summed E-state index contributed by atoms with van der Waals surface area (Å²) in [7, 11) is 0. The Morgan fingerprint density at radius 3 is 2.52 bits per heavy atom. The van der Waals surface area contributed by atoms with Gasteiger partial charge in [-0.1, -0.05) is 43.3 Å². The van der Waals surface area contributed by atoms with Gasteiger partial charge in [-0.05, 0) is 56.2 Å². The first-order valence-electron chi connectivity index (χ1n) is 11.4. The van der Waals surface area contributed by atoms with E-state index >= 15 is 0 Å². The van der Waals surface area contributed by atoms with E-state index in [2.05, 4.69) is 42.3 Å². The summed E-state index contributed by atoms with van der Waals surface area (Å²) < 4.78 is 5.64. The SMILES string of the molecule is CCN(CC)c1ccc2c(c1)OC(=O)C(CC(=O)NCCCCc1ccccc1)C2C. The third-order valence-electron chi connectivity index (χ3n) is 6.20. The van der Waals surface area contributed by atoms with Crippen LogP contribution in [0.2, 0.25) is 0 Å². The number of benzene rings is 2. The topological polar surface area (TPSA) is 58.6 Å². The van der Waals surface area contributed by atoms with Crippen LogP contribution in [0.1, 0.15) is 57.1 Å². The number of nitrogens with zero attached hydrogens (tertiary/aromatic N) is 1. The molecule has 0 aromatic heterocycles. The first-order valence-corrected chi connectivity index (χ1v) is 11.4. The van der Waals surface area contributed by atoms with Crippen molar-refractivity contribution >= 4 is 17.6 Å². The molecule has 2 unspecified atom stereocenters. The normalized spacial score (nSPS) is 17.6. The molecule has 31 heavy (non-hydrogen) atoms. The van der Waals surface area contributed by atoms with E-state index in [0.717, 1.165) is 43.6 Å². The van der Waals surface area contributed by atoms with Gasteiger partial charge in [-0.3, -0.25) is 9.59 Å². The lowest BCUT2D eigenvalue weighted by Gasteiger charge is -2.30. The van der Waals surface area contributed by atoms with Gasteiger partial charge in [0, 0.05) is 37.8 Å². The van der Waals surface area contributed by atoms with Crippen molar-refractivity contribution in [3.8, 4) is 5.75 Å². The number of ether oxygens (including phenoxy) is 1. The number of amides is 1. The quantitative estimate of drug-likeness (QED) is 0.342. The Balaban J connectivity index is 1.50. The lowest BCUT2D eigenvalue weighted by atomic mass is 9.82. The second kappa shape index (κ2) is 11.0. The van der Waals surface area contributed by atoms with Gasteiger partial charge in [0.05, 0.1) is 5.92 Å². The number of carbonyl (C=O) groups is 2. The van der Waals surface area contributed by atoms with Gasteiger partial charge >= 0.3 is 5.97 Å². The molecule has 2 aromatic carbocycles. The van der Waals surface area contributed by atoms with E-state index in [1.54, 1.807) is 0 Å². The molecule has 0 spiro atoms. The van der Waals surface area contributed by atoms with Gasteiger partial charge in [-0.25, -0.2) is 0 Å². The second-order valence-electron chi connectivity index (χ2n) is 8.21. The third-order valence-corrected chi connectivity index (χ3v) is 6.20. The fourth-order valence-corrected chi connectivity index (χ4v) is 4.24. The van der Waals surface area contributed by atoms with Crippen molar-refractivity contribution in [3.63, 3.8) is 0 Å². The van der Waals surface area contributed by atoms with Crippen LogP contribution in [0.15, 0.2) is 48.5 Å². The number of unbranched alkanes of at least 4 members (excludes halogenated alkanes) is 1. The molecule has 0 radical (unpaired) electrons. The number of esters is 1. The van der Waals surface area contributed by atoms with Gasteiger partial charge in [-0.15, -0.1) is 0 Å². The molecule has 1 amide bonds. The number of fused-ring (bicyclic) bond motifs is 1. The van der Waals surface area contributed by atoms with Gasteiger partial charge in [0.1, 0.15) is 5.75 Å². The number of nitrogens with one attached hydrogen (secondary N) is 1. The average Bonchev–Trinajstić information content (AvgIpc) is 2.78. The van der Waals surface area contributed by atoms with Crippen molar-refractivity contribution in [2.75, 3.05) is 24.5 Å². The zero-order chi connectivity index (χ0) is 22.2. The molecule has 1 heterocycles. The Labute approximate surface area is 185 Å². The zero-order valence-corrected chi connectivity index (χ0v) is 18.9. The second-order valence-corrected chi connectivity index (χ2v) is 8.21. The van der Waals surface area contributed by atoms with Crippen LogP contribution in [0.25, 0.3) is 0 Å². The maximum absolute atomic E-state index is 12.6. The summed E-state index contributed by atoms with van der Waals surface area (Å²) in [5.74, 6) is -0.269. The minimum absolute atomic E-state index is 0.0502. The summed E-state index contributed by atoms with van der Waals surface area (Å²) in [4.78, 5) is 27.3. The molecule has 1 aliphatic heterocycles. The maximum atomic E-state index is 12.6. The van der Waals surface area contributed by atoms with Crippen molar-refractivity contribution in [2.24, 2.45) is 5.92 Å². The van der Waals surface area contributed by atoms with Crippen molar-refractivity contribution in [2.45, 2.75) is 52.4 Å². The summed E-state index contributed by atoms with van der Waals surface area (Å²) >= 11 is 0. The van der Waals surface area contributed by atoms with Crippen LogP contribution < -0.4 is 15.0 Å². The van der Waals surface area contributed by atoms with E-state index < -0.39 is 5.92 Å². The predicted octanol–water partition coefficient (Wildman–Crippen LogP) is 4.70. The summed E-state index contributed by atoms with van der Waals surface area (Å²) in [6.45, 7) is 8.64. The van der Waals surface area contributed by atoms with E-state index in [-0.39, 0.29) is 24.2 Å². The largest absolute Gasteiger partial charge is 0.426 e. The molecular formula is C26H34N2O3. The van der Waals surface area contributed by atoms with Gasteiger partial charge in [0.15, 0.2) is 0 Å². The van der Waals surface area contributed by atoms with E-state index in [9.17, 15) is 9.59 Å². The van der Waals surface area contributed by atoms with Crippen molar-refractivity contribution in [3.05, 3.63) is 59.7 Å². The van der Waals surface area contributed by atoms with E-state index in [1.807, 2.05) is 37.3 Å². The molecule has 0 saturated carbocycles. The average molecular weight is 423 g/mol. The first-order chi connectivity index (χ1) is 15.0. The minimum atomic E-state index is -0.448. The summed E-state index contributed by atoms with van der Waals surface area (Å²) in [5, 5.41) is 2.97. The molecule has 5 heteroatoms. The molecule has 0 bridgehead atoms. The molecule has 0 fully saturated rings. The molecule has 3 rings (SSSR count). The number of hydrogen-bond acceptors (Lipinski definition) is 4. The lowest BCUT2D eigenvalue weighted by Crippen LogP contribution is -2.36. The third kappa shape index (κ3) is 5.87. The Hall–Kier alpha value is -2.82. The Morgan fingerprint density at radius 2 is 1.81 bits per heavy atom. The van der Waals surface area contributed by atoms with Crippen molar-refractivity contribution in [1.29, 1.82) is 0 Å². The highest BCUT2D eigenvalue weighted by molar-refractivity contribution is 5.86. The highest BCUT2D eigenvalue weighted by atomic mass is 16.5. The van der Waals surface area contributed by atoms with Gasteiger partial charge in [0.25, 0.3) is 0 Å². The van der Waals surface area contributed by atoms with E-state index in [4.69, 9.17) is 4.74 Å². The van der Waals surface area contributed by atoms with E-state index in [0.29, 0.717) is 12.3 Å². The standard InChI is InChI=1S/C26H34N2O3/c1-4-28(5-2)21-14-15-22-19(3)23(26(30)31-24(22)17-21)18-25(29)27-16-10-9-13-20-11-7-6-8-12-20/h6-8,11-12,14-15,17,19,23H,4-5,9-10,13,16,18H2,1-3H3,(H,27,29). The molecule has 5 nitrogen and oxygen atoms in total. The Morgan fingerprint density at radius 1 is 1.06 bits per heavy atom. The zero-order valence-electron chi connectivity index (χ0n) is 18.9. The number of hydrogen-bond donors (Lipinski definition) is 1. The van der Waals surface area contributed by atoms with Crippen LogP contribution >= 0.6 is 0 Å². The molecule has 1 N–H and O–H groups in total. The predicted molar refractivity (Wildman–Crippen MR) is 125 cm³/mol. The first kappa shape index (κ1) is 22.9. The van der Waals surface area contributed by atoms with Gasteiger partial charge < -0.3 is 15.0 Å². The van der Waals surface area contributed by atoms with Crippen molar-refractivity contribution in [1.82, 2.24) is 5.32 Å². The molecule has 166 valence electrons. The summed E-state index contributed by atoms with van der Waals surface area (Å²) in [6.07, 6.45) is 3.11. The number of aryl methyl sites for hydroxylation is 1. The molecule has 1 aliphatic rings. The van der Waals surface area contributed by atoms with Crippen LogP contribution in [0.5, 0.6) is 5.75 Å². The highest BCUT2D eigenvalue weighted by Crippen LogP contribution is 2.40. The Bertz CT molecular complexity index is 877. The van der Waals surface area contributed by atoms with Gasteiger partial charge in [0.2, 0.25) is 5.91 Å². The fourth-order valence-electron chi connectivity index (χ4n) is 4.24. The molecule has 2 atom stereocenters. The highest BCUT2D eigenvalue weighted by Gasteiger charge is 2.36. The summed E-state index contributed by atoms with van der Waals surface area (Å²) in [6, 6.07) is 16.4. The molecule has 2 aromatic rings. The fraction of sp³-hybridized carbons (Fsp3) is 0.462. The van der Waals surface area contributed by atoms with E-state index in [1.165, 1.54) is 5.56 Å². The number of rotatable bonds is 10. The van der Waals surface area contributed by atoms with Crippen LogP contribution in [0, 0.1) is 5.92 Å².